The third kappa shape index (κ3) is 4.27. The number of carbonyl (C=O) groups excluding carboxylic acids is 2. The van der Waals surface area contributed by atoms with E-state index in [1.807, 2.05) is 0 Å². The molecule has 104 valence electrons. The highest BCUT2D eigenvalue weighted by molar-refractivity contribution is 5.81. The zero-order valence-corrected chi connectivity index (χ0v) is 11.0. The maximum Gasteiger partial charge on any atom is 0.251 e. The van der Waals surface area contributed by atoms with Crippen molar-refractivity contribution in [3.05, 3.63) is 0 Å². The highest BCUT2D eigenvalue weighted by Crippen LogP contribution is 2.22. The van der Waals surface area contributed by atoms with E-state index < -0.39 is 0 Å². The Labute approximate surface area is 108 Å². The standard InChI is InChI=1S/C12H24N4O2/c1-2-3-10(12(18)15-14)16-6-4-9(5-7-16)8-11(13)17/h9-10H,2-8,14H2,1H3,(H2,13,17)(H,15,18). The van der Waals surface area contributed by atoms with Crippen LogP contribution in [0, 0.1) is 5.92 Å². The fourth-order valence-corrected chi connectivity index (χ4v) is 2.60. The molecule has 1 atom stereocenters. The first-order valence-corrected chi connectivity index (χ1v) is 6.61. The Morgan fingerprint density at radius 3 is 2.44 bits per heavy atom. The Morgan fingerprint density at radius 1 is 1.39 bits per heavy atom. The van der Waals surface area contributed by atoms with Crippen molar-refractivity contribution in [2.75, 3.05) is 13.1 Å². The van der Waals surface area contributed by atoms with Crippen LogP contribution < -0.4 is 17.0 Å². The molecule has 1 aliphatic rings. The van der Waals surface area contributed by atoms with Gasteiger partial charge in [0.25, 0.3) is 5.91 Å². The Morgan fingerprint density at radius 2 is 2.00 bits per heavy atom. The van der Waals surface area contributed by atoms with Crippen LogP contribution in [-0.4, -0.2) is 35.8 Å². The molecule has 0 saturated carbocycles. The van der Waals surface area contributed by atoms with E-state index in [9.17, 15) is 9.59 Å². The molecule has 0 aromatic heterocycles. The van der Waals surface area contributed by atoms with Gasteiger partial charge in [-0.1, -0.05) is 13.3 Å². The quantitative estimate of drug-likeness (QED) is 0.346. The van der Waals surface area contributed by atoms with Crippen LogP contribution in [0.3, 0.4) is 0 Å². The van der Waals surface area contributed by atoms with Crippen LogP contribution in [0.5, 0.6) is 0 Å². The van der Waals surface area contributed by atoms with Crippen LogP contribution in [0.15, 0.2) is 0 Å². The van der Waals surface area contributed by atoms with E-state index in [0.717, 1.165) is 38.8 Å². The SMILES string of the molecule is CCCC(C(=O)NN)N1CCC(CC(N)=O)CC1. The van der Waals surface area contributed by atoms with Crippen molar-refractivity contribution in [2.24, 2.45) is 17.5 Å². The van der Waals surface area contributed by atoms with E-state index in [1.54, 1.807) is 0 Å². The van der Waals surface area contributed by atoms with Crippen LogP contribution in [0.1, 0.15) is 39.0 Å². The minimum atomic E-state index is -0.238. The fourth-order valence-electron chi connectivity index (χ4n) is 2.60. The van der Waals surface area contributed by atoms with Crippen LogP contribution in [-0.2, 0) is 9.59 Å². The van der Waals surface area contributed by atoms with Gasteiger partial charge in [0.2, 0.25) is 5.91 Å². The molecular formula is C12H24N4O2. The number of nitrogens with two attached hydrogens (primary N) is 2. The summed E-state index contributed by atoms with van der Waals surface area (Å²) in [5.74, 6) is 5.22. The van der Waals surface area contributed by atoms with Crippen molar-refractivity contribution in [3.8, 4) is 0 Å². The molecule has 0 radical (unpaired) electrons. The third-order valence-corrected chi connectivity index (χ3v) is 3.59. The van der Waals surface area contributed by atoms with E-state index in [1.165, 1.54) is 0 Å². The summed E-state index contributed by atoms with van der Waals surface area (Å²) in [4.78, 5) is 24.7. The van der Waals surface area contributed by atoms with E-state index >= 15 is 0 Å². The molecule has 1 saturated heterocycles. The topological polar surface area (TPSA) is 101 Å². The molecule has 0 aromatic carbocycles. The third-order valence-electron chi connectivity index (χ3n) is 3.59. The largest absolute Gasteiger partial charge is 0.370 e. The first-order chi connectivity index (χ1) is 8.58. The second kappa shape index (κ2) is 7.33. The first-order valence-electron chi connectivity index (χ1n) is 6.61. The second-order valence-electron chi connectivity index (χ2n) is 4.96. The number of amides is 2. The van der Waals surface area contributed by atoms with Gasteiger partial charge in [0.05, 0.1) is 6.04 Å². The van der Waals surface area contributed by atoms with Gasteiger partial charge in [-0.2, -0.15) is 0 Å². The zero-order chi connectivity index (χ0) is 13.5. The molecule has 1 unspecified atom stereocenters. The van der Waals surface area contributed by atoms with E-state index in [4.69, 9.17) is 11.6 Å². The van der Waals surface area contributed by atoms with Gasteiger partial charge >= 0.3 is 0 Å². The van der Waals surface area contributed by atoms with Crippen LogP contribution >= 0.6 is 0 Å². The van der Waals surface area contributed by atoms with Crippen LogP contribution in [0.2, 0.25) is 0 Å². The van der Waals surface area contributed by atoms with Crippen molar-refractivity contribution >= 4 is 11.8 Å². The molecule has 6 heteroatoms. The smallest absolute Gasteiger partial charge is 0.251 e. The molecule has 0 spiro atoms. The van der Waals surface area contributed by atoms with Gasteiger partial charge in [-0.15, -0.1) is 0 Å². The van der Waals surface area contributed by atoms with Gasteiger partial charge in [-0.25, -0.2) is 5.84 Å². The second-order valence-corrected chi connectivity index (χ2v) is 4.96. The molecular weight excluding hydrogens is 232 g/mol. The summed E-state index contributed by atoms with van der Waals surface area (Å²) in [7, 11) is 0. The van der Waals surface area contributed by atoms with Gasteiger partial charge in [0.1, 0.15) is 0 Å². The monoisotopic (exact) mass is 256 g/mol. The fraction of sp³-hybridized carbons (Fsp3) is 0.833. The Kier molecular flexibility index (Phi) is 6.07. The Balaban J connectivity index is 2.48. The van der Waals surface area contributed by atoms with Crippen LogP contribution in [0.25, 0.3) is 0 Å². The Hall–Kier alpha value is -1.14. The lowest BCUT2D eigenvalue weighted by Crippen LogP contribution is -2.51. The van der Waals surface area contributed by atoms with Crippen molar-refractivity contribution in [3.63, 3.8) is 0 Å². The van der Waals surface area contributed by atoms with Crippen molar-refractivity contribution in [1.82, 2.24) is 10.3 Å². The van der Waals surface area contributed by atoms with Gasteiger partial charge in [-0.05, 0) is 38.3 Å². The van der Waals surface area contributed by atoms with Crippen molar-refractivity contribution in [2.45, 2.75) is 45.1 Å². The molecule has 0 bridgehead atoms. The maximum absolute atomic E-state index is 11.7. The van der Waals surface area contributed by atoms with E-state index in [0.29, 0.717) is 12.3 Å². The minimum Gasteiger partial charge on any atom is -0.370 e. The number of primary amides is 1. The number of hydrogen-bond acceptors (Lipinski definition) is 4. The summed E-state index contributed by atoms with van der Waals surface area (Å²) in [5.41, 5.74) is 7.44. The average Bonchev–Trinajstić information content (AvgIpc) is 2.35. The number of carbonyl (C=O) groups is 2. The highest BCUT2D eigenvalue weighted by atomic mass is 16.2. The molecule has 18 heavy (non-hydrogen) atoms. The molecule has 1 aliphatic heterocycles. The average molecular weight is 256 g/mol. The van der Waals surface area contributed by atoms with E-state index in [2.05, 4.69) is 17.2 Å². The number of hydrazine groups is 1. The summed E-state index contributed by atoms with van der Waals surface area (Å²) in [6.07, 6.45) is 4.04. The predicted octanol–water partition coefficient (Wildman–Crippen LogP) is -0.268. The highest BCUT2D eigenvalue weighted by Gasteiger charge is 2.29. The molecule has 0 aliphatic carbocycles. The molecule has 2 amide bonds. The normalized spacial score (nSPS) is 19.4. The van der Waals surface area contributed by atoms with Gasteiger partial charge in [0.15, 0.2) is 0 Å². The predicted molar refractivity (Wildman–Crippen MR) is 69.1 cm³/mol. The number of rotatable bonds is 6. The van der Waals surface area contributed by atoms with Gasteiger partial charge in [-0.3, -0.25) is 19.9 Å². The van der Waals surface area contributed by atoms with Crippen LogP contribution in [0.4, 0.5) is 0 Å². The zero-order valence-electron chi connectivity index (χ0n) is 11.0. The van der Waals surface area contributed by atoms with Gasteiger partial charge < -0.3 is 5.73 Å². The summed E-state index contributed by atoms with van der Waals surface area (Å²) >= 11 is 0. The number of likely N-dealkylation sites (tertiary alicyclic amines) is 1. The molecule has 6 nitrogen and oxygen atoms in total. The number of nitrogens with zero attached hydrogens (tertiary/aromatic N) is 1. The maximum atomic E-state index is 11.7. The Bertz CT molecular complexity index is 288. The lowest BCUT2D eigenvalue weighted by atomic mass is 9.92. The molecule has 1 heterocycles. The van der Waals surface area contributed by atoms with Crippen molar-refractivity contribution in [1.29, 1.82) is 0 Å². The summed E-state index contributed by atoms with van der Waals surface area (Å²) < 4.78 is 0. The number of piperidine rings is 1. The lowest BCUT2D eigenvalue weighted by Gasteiger charge is -2.36. The number of nitrogens with one attached hydrogen (secondary N) is 1. The summed E-state index contributed by atoms with van der Waals surface area (Å²) in [5, 5.41) is 0. The summed E-state index contributed by atoms with van der Waals surface area (Å²) in [6, 6.07) is -0.144. The summed E-state index contributed by atoms with van der Waals surface area (Å²) in [6.45, 7) is 3.71. The molecule has 1 fully saturated rings. The van der Waals surface area contributed by atoms with E-state index in [-0.39, 0.29) is 17.9 Å². The molecule has 1 rings (SSSR count). The number of hydrogen-bond donors (Lipinski definition) is 3. The van der Waals surface area contributed by atoms with Gasteiger partial charge in [0, 0.05) is 6.42 Å². The molecule has 5 N–H and O–H groups in total. The molecule has 0 aromatic rings. The minimum absolute atomic E-state index is 0.120. The lowest BCUT2D eigenvalue weighted by molar-refractivity contribution is -0.128. The first kappa shape index (κ1) is 14.9. The van der Waals surface area contributed by atoms with Crippen molar-refractivity contribution < 1.29 is 9.59 Å².